The Balaban J connectivity index is 1.62. The van der Waals surface area contributed by atoms with Crippen LogP contribution in [0.15, 0.2) is 71.8 Å². The lowest BCUT2D eigenvalue weighted by molar-refractivity contribution is -0.120. The number of para-hydroxylation sites is 1. The fourth-order valence-corrected chi connectivity index (χ4v) is 4.85. The number of rotatable bonds is 1. The van der Waals surface area contributed by atoms with E-state index in [0.29, 0.717) is 0 Å². The van der Waals surface area contributed by atoms with Gasteiger partial charge < -0.3 is 4.90 Å². The molecule has 2 aliphatic heterocycles. The number of nitrogens with one attached hydrogen (secondary N) is 1. The molecule has 1 atom stereocenters. The molecular formula is C20H15N3OS. The predicted molar refractivity (Wildman–Crippen MR) is 103 cm³/mol. The van der Waals surface area contributed by atoms with Gasteiger partial charge in [0.2, 0.25) is 4.87 Å². The summed E-state index contributed by atoms with van der Waals surface area (Å²) in [6.45, 7) is 0. The van der Waals surface area contributed by atoms with Gasteiger partial charge in [-0.15, -0.1) is 0 Å². The summed E-state index contributed by atoms with van der Waals surface area (Å²) in [7, 11) is 1.81. The third-order valence-electron chi connectivity index (χ3n) is 4.84. The smallest absolute Gasteiger partial charge is 0.269 e. The number of benzene rings is 3. The number of hydrogen-bond acceptors (Lipinski definition) is 4. The number of hydrogen-bond donors (Lipinski definition) is 1. The first-order valence-electron chi connectivity index (χ1n) is 8.10. The Morgan fingerprint density at radius 3 is 2.68 bits per heavy atom. The zero-order chi connectivity index (χ0) is 17.0. The second-order valence-corrected chi connectivity index (χ2v) is 7.42. The summed E-state index contributed by atoms with van der Waals surface area (Å²) in [6.07, 6.45) is 0. The molecule has 3 aromatic carbocycles. The van der Waals surface area contributed by atoms with Crippen molar-refractivity contribution in [3.05, 3.63) is 77.9 Å². The van der Waals surface area contributed by atoms with Crippen LogP contribution in [0.1, 0.15) is 11.1 Å². The second-order valence-electron chi connectivity index (χ2n) is 6.22. The summed E-state index contributed by atoms with van der Waals surface area (Å²) in [4.78, 5) is 13.8. The molecule has 0 saturated heterocycles. The highest BCUT2D eigenvalue weighted by Crippen LogP contribution is 2.50. The Kier molecular flexibility index (Phi) is 2.97. The summed E-state index contributed by atoms with van der Waals surface area (Å²) in [5.41, 5.74) is 6.09. The minimum Gasteiger partial charge on any atom is -0.312 e. The Morgan fingerprint density at radius 1 is 1.00 bits per heavy atom. The van der Waals surface area contributed by atoms with Crippen LogP contribution in [0.5, 0.6) is 0 Å². The minimum absolute atomic E-state index is 0.0117. The van der Waals surface area contributed by atoms with Crippen molar-refractivity contribution < 1.29 is 4.79 Å². The van der Waals surface area contributed by atoms with Gasteiger partial charge in [0, 0.05) is 18.2 Å². The van der Waals surface area contributed by atoms with Gasteiger partial charge >= 0.3 is 0 Å². The Morgan fingerprint density at radius 2 is 1.76 bits per heavy atom. The first-order valence-corrected chi connectivity index (χ1v) is 8.92. The Labute approximate surface area is 149 Å². The van der Waals surface area contributed by atoms with Crippen LogP contribution in [0.2, 0.25) is 0 Å². The van der Waals surface area contributed by atoms with E-state index in [1.807, 2.05) is 49.5 Å². The molecule has 0 bridgehead atoms. The highest BCUT2D eigenvalue weighted by Gasteiger charge is 2.54. The molecule has 0 unspecified atom stereocenters. The maximum atomic E-state index is 13.0. The molecule has 1 N–H and O–H groups in total. The third-order valence-corrected chi connectivity index (χ3v) is 6.13. The topological polar surface area (TPSA) is 44.7 Å². The Hall–Kier alpha value is -2.79. The Bertz CT molecular complexity index is 1060. The fourth-order valence-electron chi connectivity index (χ4n) is 3.58. The van der Waals surface area contributed by atoms with E-state index in [2.05, 4.69) is 34.8 Å². The summed E-state index contributed by atoms with van der Waals surface area (Å²) < 4.78 is 0. The second kappa shape index (κ2) is 5.10. The summed E-state index contributed by atoms with van der Waals surface area (Å²) in [5.74, 6) is 0.0117. The molecule has 0 aromatic heterocycles. The van der Waals surface area contributed by atoms with Crippen molar-refractivity contribution in [2.75, 3.05) is 11.9 Å². The molecular weight excluding hydrogens is 330 g/mol. The molecule has 1 spiro atoms. The van der Waals surface area contributed by atoms with Crippen molar-refractivity contribution in [3.8, 4) is 0 Å². The average Bonchev–Trinajstić information content (AvgIpc) is 3.20. The van der Waals surface area contributed by atoms with Gasteiger partial charge in [-0.2, -0.15) is 5.10 Å². The standard InChI is InChI=1S/C20H15N3OS/c1-23-17-12-5-4-11-16(17)20(19(23)24)22-21-18(25-20)15-10-6-8-13-7-2-3-9-14(13)15/h2-12,22H,1H3/t20-/m0/s1. The zero-order valence-corrected chi connectivity index (χ0v) is 14.4. The molecule has 0 saturated carbocycles. The summed E-state index contributed by atoms with van der Waals surface area (Å²) >= 11 is 1.49. The number of carbonyl (C=O) groups excluding carboxylic acids is 1. The molecule has 122 valence electrons. The molecule has 4 nitrogen and oxygen atoms in total. The third kappa shape index (κ3) is 1.90. The quantitative estimate of drug-likeness (QED) is 0.732. The van der Waals surface area contributed by atoms with Crippen molar-refractivity contribution in [2.24, 2.45) is 5.10 Å². The molecule has 5 rings (SSSR count). The monoisotopic (exact) mass is 345 g/mol. The van der Waals surface area contributed by atoms with Crippen LogP contribution in [0.3, 0.4) is 0 Å². The van der Waals surface area contributed by atoms with Gasteiger partial charge in [-0.05, 0) is 16.8 Å². The molecule has 2 heterocycles. The predicted octanol–water partition coefficient (Wildman–Crippen LogP) is 3.67. The lowest BCUT2D eigenvalue weighted by Crippen LogP contribution is -2.43. The van der Waals surface area contributed by atoms with Crippen LogP contribution in [-0.4, -0.2) is 18.0 Å². The fraction of sp³-hybridized carbons (Fsp3) is 0.100. The molecule has 0 aliphatic carbocycles. The van der Waals surface area contributed by atoms with Crippen molar-refractivity contribution in [3.63, 3.8) is 0 Å². The number of thioether (sulfide) groups is 1. The molecule has 2 aliphatic rings. The van der Waals surface area contributed by atoms with Gasteiger partial charge in [0.05, 0.1) is 5.69 Å². The van der Waals surface area contributed by atoms with Crippen LogP contribution >= 0.6 is 11.8 Å². The number of hydrazone groups is 1. The number of anilines is 1. The van der Waals surface area contributed by atoms with Crippen molar-refractivity contribution in [1.29, 1.82) is 0 Å². The zero-order valence-electron chi connectivity index (χ0n) is 13.6. The number of likely N-dealkylation sites (N-methyl/N-ethyl adjacent to an activating group) is 1. The van der Waals surface area contributed by atoms with E-state index in [4.69, 9.17) is 0 Å². The number of nitrogens with zero attached hydrogens (tertiary/aromatic N) is 2. The first-order chi connectivity index (χ1) is 12.2. The van der Waals surface area contributed by atoms with Crippen LogP contribution < -0.4 is 10.3 Å². The van der Waals surface area contributed by atoms with Gasteiger partial charge in [-0.1, -0.05) is 72.4 Å². The van der Waals surface area contributed by atoms with Gasteiger partial charge in [0.15, 0.2) is 0 Å². The van der Waals surface area contributed by atoms with E-state index in [9.17, 15) is 4.79 Å². The summed E-state index contributed by atoms with van der Waals surface area (Å²) in [6, 6.07) is 22.3. The van der Waals surface area contributed by atoms with Gasteiger partial charge in [0.1, 0.15) is 5.04 Å². The van der Waals surface area contributed by atoms with Crippen LogP contribution in [0, 0.1) is 0 Å². The number of carbonyl (C=O) groups is 1. The van der Waals surface area contributed by atoms with Crippen molar-refractivity contribution >= 4 is 39.2 Å². The first kappa shape index (κ1) is 14.5. The van der Waals surface area contributed by atoms with Gasteiger partial charge in [-0.3, -0.25) is 10.2 Å². The van der Waals surface area contributed by atoms with Crippen molar-refractivity contribution in [1.82, 2.24) is 5.43 Å². The summed E-state index contributed by atoms with van der Waals surface area (Å²) in [5, 5.41) is 7.71. The van der Waals surface area contributed by atoms with Gasteiger partial charge in [-0.25, -0.2) is 0 Å². The van der Waals surface area contributed by atoms with E-state index in [0.717, 1.165) is 27.2 Å². The molecule has 25 heavy (non-hydrogen) atoms. The lowest BCUT2D eigenvalue weighted by atomic mass is 10.1. The molecule has 0 radical (unpaired) electrons. The minimum atomic E-state index is -0.863. The highest BCUT2D eigenvalue weighted by atomic mass is 32.2. The van der Waals surface area contributed by atoms with E-state index in [-0.39, 0.29) is 5.91 Å². The molecule has 3 aromatic rings. The molecule has 5 heteroatoms. The van der Waals surface area contributed by atoms with E-state index >= 15 is 0 Å². The van der Waals surface area contributed by atoms with Crippen molar-refractivity contribution in [2.45, 2.75) is 4.87 Å². The largest absolute Gasteiger partial charge is 0.312 e. The van der Waals surface area contributed by atoms with E-state index in [1.165, 1.54) is 17.1 Å². The number of fused-ring (bicyclic) bond motifs is 3. The maximum absolute atomic E-state index is 13.0. The molecule has 0 fully saturated rings. The highest BCUT2D eigenvalue weighted by molar-refractivity contribution is 8.16. The molecule has 1 amide bonds. The van der Waals surface area contributed by atoms with Crippen LogP contribution in [0.25, 0.3) is 10.8 Å². The SMILES string of the molecule is CN1C(=O)[C@]2(NN=C(c3cccc4ccccc34)S2)c2ccccc21. The average molecular weight is 345 g/mol. The van der Waals surface area contributed by atoms with Crippen LogP contribution in [0.4, 0.5) is 5.69 Å². The number of amides is 1. The lowest BCUT2D eigenvalue weighted by Gasteiger charge is -2.21. The maximum Gasteiger partial charge on any atom is 0.269 e. The van der Waals surface area contributed by atoms with Crippen LogP contribution in [-0.2, 0) is 9.67 Å². The van der Waals surface area contributed by atoms with E-state index in [1.54, 1.807) is 4.90 Å². The van der Waals surface area contributed by atoms with E-state index < -0.39 is 4.87 Å². The normalized spacial score (nSPS) is 21.6. The van der Waals surface area contributed by atoms with Gasteiger partial charge in [0.25, 0.3) is 5.91 Å².